The monoisotopic (exact) mass is 720 g/mol. The van der Waals surface area contributed by atoms with Crippen molar-refractivity contribution < 1.29 is 18.3 Å². The molecule has 11 heteroatoms. The molecule has 1 aromatic carbocycles. The van der Waals surface area contributed by atoms with Gasteiger partial charge in [0, 0.05) is 61.9 Å². The zero-order valence-corrected chi connectivity index (χ0v) is 32.4. The van der Waals surface area contributed by atoms with E-state index in [1.807, 2.05) is 18.7 Å². The van der Waals surface area contributed by atoms with E-state index in [4.69, 9.17) is 20.2 Å². The van der Waals surface area contributed by atoms with E-state index in [2.05, 4.69) is 43.8 Å². The van der Waals surface area contributed by atoms with Gasteiger partial charge in [-0.2, -0.15) is 5.26 Å². The molecule has 276 valence electrons. The number of hydrogen-bond donors (Lipinski definition) is 1. The van der Waals surface area contributed by atoms with Crippen LogP contribution in [0.1, 0.15) is 106 Å². The summed E-state index contributed by atoms with van der Waals surface area (Å²) in [6, 6.07) is 2.14. The van der Waals surface area contributed by atoms with Gasteiger partial charge in [0.1, 0.15) is 22.4 Å². The largest absolute Gasteiger partial charge is 0.389 e. The third-order valence-electron chi connectivity index (χ3n) is 10.7. The van der Waals surface area contributed by atoms with Gasteiger partial charge in [-0.05, 0) is 75.1 Å². The van der Waals surface area contributed by atoms with E-state index in [1.165, 1.54) is 44.8 Å². The first-order chi connectivity index (χ1) is 24.5. The molecule has 5 heterocycles. The van der Waals surface area contributed by atoms with Gasteiger partial charge < -0.3 is 25.0 Å². The lowest BCUT2D eigenvalue weighted by Crippen LogP contribution is -2.25. The first-order valence-electron chi connectivity index (χ1n) is 18.4. The minimum atomic E-state index is -0.545. The molecule has 0 saturated carbocycles. The molecule has 0 bridgehead atoms. The van der Waals surface area contributed by atoms with Gasteiger partial charge >= 0.3 is 0 Å². The highest BCUT2D eigenvalue weighted by Gasteiger charge is 2.34. The summed E-state index contributed by atoms with van der Waals surface area (Å²) in [6.45, 7) is 16.6. The smallest absolute Gasteiger partial charge is 0.226 e. The Balaban J connectivity index is 0.000000357. The Morgan fingerprint density at radius 2 is 1.90 bits per heavy atom. The first-order valence-corrected chi connectivity index (χ1v) is 19.2. The summed E-state index contributed by atoms with van der Waals surface area (Å²) >= 11 is 0.994. The van der Waals surface area contributed by atoms with Crippen LogP contribution in [0.25, 0.3) is 22.3 Å². The number of aromatic nitrogens is 2. The number of nitrogens with zero attached hydrogens (tertiary/aromatic N) is 5. The molecule has 3 aliphatic heterocycles. The summed E-state index contributed by atoms with van der Waals surface area (Å²) < 4.78 is 43.4. The van der Waals surface area contributed by atoms with E-state index >= 15 is 8.78 Å². The highest BCUT2D eigenvalue weighted by molar-refractivity contribution is 7.17. The lowest BCUT2D eigenvalue weighted by molar-refractivity contribution is 0.0899. The minimum absolute atomic E-state index is 0.0354. The van der Waals surface area contributed by atoms with Crippen molar-refractivity contribution in [1.29, 1.82) is 5.26 Å². The second-order valence-electron chi connectivity index (χ2n) is 14.6. The van der Waals surface area contributed by atoms with Crippen LogP contribution in [-0.2, 0) is 22.7 Å². The summed E-state index contributed by atoms with van der Waals surface area (Å²) in [4.78, 5) is 14.0. The molecule has 0 spiro atoms. The highest BCUT2D eigenvalue weighted by atomic mass is 32.1. The number of anilines is 2. The van der Waals surface area contributed by atoms with Crippen LogP contribution >= 0.6 is 11.3 Å². The Morgan fingerprint density at radius 3 is 2.55 bits per heavy atom. The van der Waals surface area contributed by atoms with E-state index in [0.29, 0.717) is 47.5 Å². The Morgan fingerprint density at radius 1 is 1.16 bits per heavy atom. The number of halogens is 2. The number of likely N-dealkylation sites (tertiary alicyclic amines) is 1. The Labute approximate surface area is 306 Å². The molecule has 2 saturated heterocycles. The van der Waals surface area contributed by atoms with Crippen LogP contribution in [0.5, 0.6) is 0 Å². The normalized spacial score (nSPS) is 23.1. The lowest BCUT2D eigenvalue weighted by Gasteiger charge is -2.21. The number of nitrogens with two attached hydrogens (primary N) is 1. The predicted octanol–water partition coefficient (Wildman–Crippen LogP) is 9.11. The minimum Gasteiger partial charge on any atom is -0.389 e. The van der Waals surface area contributed by atoms with Crippen LogP contribution in [0.4, 0.5) is 19.7 Å². The number of nitriles is 1. The van der Waals surface area contributed by atoms with E-state index in [-0.39, 0.29) is 51.8 Å². The summed E-state index contributed by atoms with van der Waals surface area (Å²) in [6.07, 6.45) is 9.25. The number of allylic oxidation sites excluding steroid dienone is 2. The number of fused-ring (bicyclic) bond motifs is 3. The van der Waals surface area contributed by atoms with Gasteiger partial charge in [-0.15, -0.1) is 11.3 Å². The lowest BCUT2D eigenvalue weighted by atomic mass is 9.85. The van der Waals surface area contributed by atoms with Gasteiger partial charge in [0.05, 0.1) is 29.8 Å². The molecule has 2 fully saturated rings. The fourth-order valence-corrected chi connectivity index (χ4v) is 8.94. The average Bonchev–Trinajstić information content (AvgIpc) is 3.82. The highest BCUT2D eigenvalue weighted by Crippen LogP contribution is 2.47. The van der Waals surface area contributed by atoms with E-state index < -0.39 is 11.6 Å². The summed E-state index contributed by atoms with van der Waals surface area (Å²) in [5, 5.41) is 10.8. The van der Waals surface area contributed by atoms with Gasteiger partial charge in [0.25, 0.3) is 0 Å². The van der Waals surface area contributed by atoms with Gasteiger partial charge in [-0.3, -0.25) is 0 Å². The van der Waals surface area contributed by atoms with E-state index in [9.17, 15) is 5.26 Å². The Hall–Kier alpha value is -3.43. The average molecular weight is 721 g/mol. The summed E-state index contributed by atoms with van der Waals surface area (Å²) in [7, 11) is 3.95. The van der Waals surface area contributed by atoms with Crippen molar-refractivity contribution in [3.05, 3.63) is 56.4 Å². The maximum absolute atomic E-state index is 16.9. The van der Waals surface area contributed by atoms with Crippen molar-refractivity contribution in [3.63, 3.8) is 0 Å². The number of nitrogen functional groups attached to an aromatic ring is 1. The molecule has 0 radical (unpaired) electrons. The van der Waals surface area contributed by atoms with Gasteiger partial charge in [-0.1, -0.05) is 45.8 Å². The third-order valence-corrected chi connectivity index (χ3v) is 11.8. The van der Waals surface area contributed by atoms with Crippen molar-refractivity contribution in [1.82, 2.24) is 14.9 Å². The predicted molar refractivity (Wildman–Crippen MR) is 205 cm³/mol. The van der Waals surface area contributed by atoms with Crippen LogP contribution in [0, 0.1) is 34.9 Å². The number of hydrogen-bond acceptors (Lipinski definition) is 9. The zero-order chi connectivity index (χ0) is 37.0. The quantitative estimate of drug-likeness (QED) is 0.246. The number of thiophene rings is 1. The van der Waals surface area contributed by atoms with Crippen LogP contribution in [0.2, 0.25) is 0 Å². The van der Waals surface area contributed by atoms with Gasteiger partial charge in [0.15, 0.2) is 5.82 Å². The molecule has 2 N–H and O–H groups in total. The van der Waals surface area contributed by atoms with Crippen LogP contribution in [-0.4, -0.2) is 61.3 Å². The molecule has 4 unspecified atom stereocenters. The summed E-state index contributed by atoms with van der Waals surface area (Å²) in [5.74, 6) is 1.53. The summed E-state index contributed by atoms with van der Waals surface area (Å²) in [5.41, 5.74) is 9.82. The molecule has 0 aliphatic carbocycles. The molecule has 2 aromatic heterocycles. The second-order valence-corrected chi connectivity index (χ2v) is 15.6. The molecule has 0 amide bonds. The number of methoxy groups -OCH3 is 1. The van der Waals surface area contributed by atoms with Gasteiger partial charge in [0.2, 0.25) is 5.95 Å². The molecule has 8 nitrogen and oxygen atoms in total. The topological polar surface area (TPSA) is 101 Å². The van der Waals surface area contributed by atoms with Crippen LogP contribution < -0.4 is 10.6 Å². The Bertz CT molecular complexity index is 1830. The fourth-order valence-electron chi connectivity index (χ4n) is 7.94. The van der Waals surface area contributed by atoms with Crippen molar-refractivity contribution in [3.8, 4) is 6.07 Å². The number of rotatable bonds is 8. The first kappa shape index (κ1) is 38.8. The van der Waals surface area contributed by atoms with Crippen molar-refractivity contribution in [2.24, 2.45) is 17.8 Å². The fraction of sp³-hybridized carbons (Fsp3) is 0.575. The van der Waals surface area contributed by atoms with Crippen LogP contribution in [0.15, 0.2) is 17.8 Å². The van der Waals surface area contributed by atoms with Gasteiger partial charge in [-0.25, -0.2) is 18.7 Å². The number of benzene rings is 1. The number of ether oxygens (including phenoxy) is 2. The van der Waals surface area contributed by atoms with Crippen molar-refractivity contribution in [2.75, 3.05) is 51.0 Å². The molecule has 6 rings (SSSR count). The maximum atomic E-state index is 16.9. The molecule has 51 heavy (non-hydrogen) atoms. The maximum Gasteiger partial charge on any atom is 0.226 e. The molecule has 3 aliphatic rings. The molecular weight excluding hydrogens is 667 g/mol. The van der Waals surface area contributed by atoms with Crippen molar-refractivity contribution in [2.45, 2.75) is 93.0 Å². The third kappa shape index (κ3) is 7.99. The SMILES string of the molecule is C/C=C(/F)c1sc(N)c(C#N)c1C(=C(C)CC)c1c2c(c3cnc(N4CC(C)C(OC)C4)nc3c1F)COC2.CCCC1CCC(C)CN(C)C1. The van der Waals surface area contributed by atoms with Crippen molar-refractivity contribution >= 4 is 44.6 Å². The van der Waals surface area contributed by atoms with E-state index in [0.717, 1.165) is 34.3 Å². The van der Waals surface area contributed by atoms with Crippen LogP contribution in [0.3, 0.4) is 0 Å². The second kappa shape index (κ2) is 16.9. The van der Waals surface area contributed by atoms with E-state index in [1.54, 1.807) is 20.2 Å². The molecular formula is C40H54F2N6O2S. The zero-order valence-electron chi connectivity index (χ0n) is 31.5. The molecule has 3 aromatic rings. The Kier molecular flexibility index (Phi) is 12.9. The molecule has 4 atom stereocenters. The standard InChI is InChI=1S/C29H31F2N5O2S.C11H23N/c1-6-14(3)22(24-16(8-32)28(33)39-27(24)20(30)7-2)23-19-13-38-12-18(19)17-9-34-29(35-26(17)25(23)31)36-10-15(4)21(11-36)37-5;1-4-5-11-7-6-10(2)8-12(3)9-11/h7,9,15,21H,6,10-13,33H2,1-5H3;10-11H,4-9H2,1-3H3/b20-7+,22-14?;.